The van der Waals surface area contributed by atoms with Crippen molar-refractivity contribution in [2.75, 3.05) is 0 Å². The number of carbonyl (C=O) groups is 1. The minimum atomic E-state index is -0.211. The molecule has 4 heteroatoms. The maximum Gasteiger partial charge on any atom is 0.217 e. The Bertz CT molecular complexity index is 56.0. The highest BCUT2D eigenvalue weighted by molar-refractivity contribution is 5.73. The summed E-state index contributed by atoms with van der Waals surface area (Å²) in [5.74, 6) is 3.29. The Balaban J connectivity index is 0. The van der Waals surface area contributed by atoms with E-state index >= 15 is 0 Å². The maximum atomic E-state index is 9.82. The lowest BCUT2D eigenvalue weighted by Gasteiger charge is -1.81. The van der Waals surface area contributed by atoms with Gasteiger partial charge < -0.3 is 10.9 Å². The largest absolute Gasteiger partial charge is 0.370 e. The lowest BCUT2D eigenvalue weighted by atomic mass is 10.3. The molecule has 0 unspecified atom stereocenters. The topological polar surface area (TPSA) is 89.3 Å². The van der Waals surface area contributed by atoms with Crippen LogP contribution in [0.25, 0.3) is 0 Å². The number of hydrogen-bond donors (Lipinski definition) is 3. The van der Waals surface area contributed by atoms with E-state index in [1.807, 2.05) is 6.92 Å². The van der Waals surface area contributed by atoms with Gasteiger partial charge in [-0.1, -0.05) is 6.92 Å². The van der Waals surface area contributed by atoms with Crippen LogP contribution in [-0.2, 0) is 4.79 Å². The second-order valence-electron chi connectivity index (χ2n) is 1.22. The first kappa shape index (κ1) is 10.4. The van der Waals surface area contributed by atoms with Crippen LogP contribution < -0.4 is 11.6 Å². The predicted octanol–water partition coefficient (Wildman–Crippen LogP) is -0.394. The number of primary amides is 1. The summed E-state index contributed by atoms with van der Waals surface area (Å²) in [6, 6.07) is 0. The molecule has 0 heterocycles. The number of rotatable bonds is 2. The van der Waals surface area contributed by atoms with Crippen LogP contribution in [0.1, 0.15) is 19.8 Å². The third-order valence-corrected chi connectivity index (χ3v) is 0.496. The van der Waals surface area contributed by atoms with E-state index in [1.54, 1.807) is 0 Å². The molecule has 0 atom stereocenters. The van der Waals surface area contributed by atoms with Crippen LogP contribution in [0.15, 0.2) is 0 Å². The van der Waals surface area contributed by atoms with Crippen LogP contribution in [0.3, 0.4) is 0 Å². The van der Waals surface area contributed by atoms with E-state index in [4.69, 9.17) is 10.9 Å². The Morgan fingerprint density at radius 2 is 2.00 bits per heavy atom. The van der Waals surface area contributed by atoms with Gasteiger partial charge in [-0.25, -0.2) is 5.90 Å². The van der Waals surface area contributed by atoms with Gasteiger partial charge in [0.15, 0.2) is 0 Å². The van der Waals surface area contributed by atoms with Gasteiger partial charge in [0.05, 0.1) is 0 Å². The minimum absolute atomic E-state index is 0.211. The van der Waals surface area contributed by atoms with Crippen molar-refractivity contribution in [3.8, 4) is 0 Å². The molecule has 0 aromatic heterocycles. The second kappa shape index (κ2) is 9.63. The molecule has 0 fully saturated rings. The minimum Gasteiger partial charge on any atom is -0.370 e. The van der Waals surface area contributed by atoms with Gasteiger partial charge in [-0.3, -0.25) is 4.79 Å². The molecule has 50 valence electrons. The molecule has 5 N–H and O–H groups in total. The van der Waals surface area contributed by atoms with E-state index in [-0.39, 0.29) is 5.91 Å². The predicted molar refractivity (Wildman–Crippen MR) is 30.1 cm³/mol. The fourth-order valence-electron chi connectivity index (χ4n) is 0.246. The zero-order valence-electron chi connectivity index (χ0n) is 4.92. The first-order valence-electron chi connectivity index (χ1n) is 2.31. The first-order chi connectivity index (χ1) is 3.77. The average molecular weight is 120 g/mol. The SMILES string of the molecule is CCCC(N)=O.NO. The van der Waals surface area contributed by atoms with Crippen LogP contribution in [0.4, 0.5) is 0 Å². The average Bonchev–Trinajstić information content (AvgIpc) is 1.72. The summed E-state index contributed by atoms with van der Waals surface area (Å²) in [4.78, 5) is 9.82. The van der Waals surface area contributed by atoms with Crippen molar-refractivity contribution >= 4 is 5.91 Å². The van der Waals surface area contributed by atoms with Gasteiger partial charge in [0.1, 0.15) is 0 Å². The Morgan fingerprint density at radius 1 is 1.62 bits per heavy atom. The molecule has 4 nitrogen and oxygen atoms in total. The van der Waals surface area contributed by atoms with Gasteiger partial charge in [-0.15, -0.1) is 0 Å². The molecule has 8 heavy (non-hydrogen) atoms. The van der Waals surface area contributed by atoms with Crippen LogP contribution in [0, 0.1) is 0 Å². The fraction of sp³-hybridized carbons (Fsp3) is 0.750. The molecular formula is C4H12N2O2. The molecular weight excluding hydrogens is 108 g/mol. The zero-order chi connectivity index (χ0) is 6.99. The van der Waals surface area contributed by atoms with E-state index in [0.29, 0.717) is 6.42 Å². The summed E-state index contributed by atoms with van der Waals surface area (Å²) in [6.07, 6.45) is 1.37. The van der Waals surface area contributed by atoms with Gasteiger partial charge in [-0.05, 0) is 6.42 Å². The van der Waals surface area contributed by atoms with Gasteiger partial charge in [-0.2, -0.15) is 0 Å². The smallest absolute Gasteiger partial charge is 0.217 e. The van der Waals surface area contributed by atoms with Crippen LogP contribution in [-0.4, -0.2) is 11.1 Å². The van der Waals surface area contributed by atoms with Crippen molar-refractivity contribution in [3.05, 3.63) is 0 Å². The zero-order valence-corrected chi connectivity index (χ0v) is 4.92. The van der Waals surface area contributed by atoms with Crippen molar-refractivity contribution in [2.24, 2.45) is 11.6 Å². The van der Waals surface area contributed by atoms with Gasteiger partial charge in [0, 0.05) is 6.42 Å². The number of nitrogens with two attached hydrogens (primary N) is 2. The number of carbonyl (C=O) groups excluding carboxylic acids is 1. The van der Waals surface area contributed by atoms with Crippen molar-refractivity contribution in [1.29, 1.82) is 0 Å². The summed E-state index contributed by atoms with van der Waals surface area (Å²) in [5.41, 5.74) is 4.76. The molecule has 0 aliphatic heterocycles. The van der Waals surface area contributed by atoms with E-state index in [9.17, 15) is 4.79 Å². The lowest BCUT2D eigenvalue weighted by Crippen LogP contribution is -2.08. The highest BCUT2D eigenvalue weighted by atomic mass is 16.4. The summed E-state index contributed by atoms with van der Waals surface area (Å²) in [6.45, 7) is 1.92. The number of hydrogen-bond acceptors (Lipinski definition) is 3. The van der Waals surface area contributed by atoms with Crippen LogP contribution >= 0.6 is 0 Å². The molecule has 0 aromatic rings. The quantitative estimate of drug-likeness (QED) is 0.433. The van der Waals surface area contributed by atoms with Gasteiger partial charge in [0.2, 0.25) is 5.91 Å². The van der Waals surface area contributed by atoms with E-state index < -0.39 is 0 Å². The fourth-order valence-corrected chi connectivity index (χ4v) is 0.246. The van der Waals surface area contributed by atoms with E-state index in [0.717, 1.165) is 6.42 Å². The summed E-state index contributed by atoms with van der Waals surface area (Å²) < 4.78 is 0. The van der Waals surface area contributed by atoms with Crippen molar-refractivity contribution in [2.45, 2.75) is 19.8 Å². The Morgan fingerprint density at radius 3 is 2.00 bits per heavy atom. The molecule has 0 rings (SSSR count). The monoisotopic (exact) mass is 120 g/mol. The Hall–Kier alpha value is -0.610. The lowest BCUT2D eigenvalue weighted by molar-refractivity contribution is -0.118. The highest BCUT2D eigenvalue weighted by Crippen LogP contribution is 1.79. The molecule has 0 aromatic carbocycles. The summed E-state index contributed by atoms with van der Waals surface area (Å²) >= 11 is 0. The van der Waals surface area contributed by atoms with Crippen LogP contribution in [0.2, 0.25) is 0 Å². The summed E-state index contributed by atoms with van der Waals surface area (Å²) in [5, 5.41) is 6.50. The summed E-state index contributed by atoms with van der Waals surface area (Å²) in [7, 11) is 0. The molecule has 0 aliphatic carbocycles. The van der Waals surface area contributed by atoms with Crippen LogP contribution in [0.5, 0.6) is 0 Å². The maximum absolute atomic E-state index is 9.82. The molecule has 0 saturated heterocycles. The third kappa shape index (κ3) is 18.2. The molecule has 1 amide bonds. The Kier molecular flexibility index (Phi) is 12.5. The van der Waals surface area contributed by atoms with Crippen molar-refractivity contribution < 1.29 is 10.0 Å². The third-order valence-electron chi connectivity index (χ3n) is 0.496. The van der Waals surface area contributed by atoms with Gasteiger partial charge in [0.25, 0.3) is 0 Å². The van der Waals surface area contributed by atoms with Crippen molar-refractivity contribution in [3.63, 3.8) is 0 Å². The van der Waals surface area contributed by atoms with Gasteiger partial charge >= 0.3 is 0 Å². The normalized spacial score (nSPS) is 6.88. The molecule has 0 bridgehead atoms. The molecule has 0 saturated carbocycles. The van der Waals surface area contributed by atoms with Crippen molar-refractivity contribution in [1.82, 2.24) is 0 Å². The standard InChI is InChI=1S/C4H9NO.H3NO/c1-2-3-4(5)6;1-2/h2-3H2,1H3,(H2,5,6);2H,1H2. The van der Waals surface area contributed by atoms with E-state index in [1.165, 1.54) is 0 Å². The molecule has 0 radical (unpaired) electrons. The first-order valence-corrected chi connectivity index (χ1v) is 2.31. The molecule has 0 aliphatic rings. The molecule has 0 spiro atoms. The highest BCUT2D eigenvalue weighted by Gasteiger charge is 1.84. The second-order valence-corrected chi connectivity index (χ2v) is 1.22. The van der Waals surface area contributed by atoms with E-state index in [2.05, 4.69) is 5.90 Å². The number of amides is 1. The Labute approximate surface area is 48.4 Å².